The third-order valence-corrected chi connectivity index (χ3v) is 3.74. The van der Waals surface area contributed by atoms with Gasteiger partial charge < -0.3 is 5.11 Å². The van der Waals surface area contributed by atoms with E-state index in [4.69, 9.17) is 0 Å². The summed E-state index contributed by atoms with van der Waals surface area (Å²) in [5.41, 5.74) is -2.88. The van der Waals surface area contributed by atoms with Crippen LogP contribution in [0.5, 0.6) is 0 Å². The lowest BCUT2D eigenvalue weighted by Crippen LogP contribution is -2.62. The van der Waals surface area contributed by atoms with Crippen molar-refractivity contribution in [3.63, 3.8) is 0 Å². The fourth-order valence-corrected chi connectivity index (χ4v) is 2.68. The number of hydrogen-bond donors (Lipinski definition) is 1. The number of amides is 1. The van der Waals surface area contributed by atoms with Gasteiger partial charge in [-0.25, -0.2) is 0 Å². The summed E-state index contributed by atoms with van der Waals surface area (Å²) in [5.74, 6) is -2.58. The zero-order valence-corrected chi connectivity index (χ0v) is 10.9. The van der Waals surface area contributed by atoms with Crippen LogP contribution in [0.4, 0.5) is 13.2 Å². The fraction of sp³-hybridized carbons (Fsp3) is 0.833. The average Bonchev–Trinajstić information content (AvgIpc) is 2.63. The molecule has 2 aliphatic rings. The second-order valence-electron chi connectivity index (χ2n) is 5.42. The molecule has 0 saturated heterocycles. The normalized spacial score (nSPS) is 31.4. The summed E-state index contributed by atoms with van der Waals surface area (Å²) in [4.78, 5) is 11.9. The molecule has 1 heterocycles. The molecule has 1 saturated carbocycles. The van der Waals surface area contributed by atoms with Gasteiger partial charge in [0, 0.05) is 11.6 Å². The number of nitrogens with zero attached hydrogens (tertiary/aromatic N) is 2. The molecule has 7 heteroatoms. The number of hydrazone groups is 1. The first kappa shape index (κ1) is 14.3. The number of rotatable bonds is 1. The molecule has 0 spiro atoms. The highest BCUT2D eigenvalue weighted by Gasteiger charge is 2.68. The van der Waals surface area contributed by atoms with Crippen LogP contribution in [-0.2, 0) is 4.79 Å². The fourth-order valence-electron chi connectivity index (χ4n) is 2.68. The summed E-state index contributed by atoms with van der Waals surface area (Å²) in [7, 11) is 0. The lowest BCUT2D eigenvalue weighted by molar-refractivity contribution is -0.317. The number of carbonyl (C=O) groups excluding carboxylic acids is 1. The van der Waals surface area contributed by atoms with Gasteiger partial charge in [-0.1, -0.05) is 20.3 Å². The Bertz CT molecular complexity index is 420. The maximum atomic E-state index is 13.3. The second kappa shape index (κ2) is 4.47. The molecule has 19 heavy (non-hydrogen) atoms. The molecule has 1 aliphatic heterocycles. The summed E-state index contributed by atoms with van der Waals surface area (Å²) in [5, 5.41) is 14.2. The van der Waals surface area contributed by atoms with Crippen LogP contribution in [0.1, 0.15) is 39.5 Å². The summed E-state index contributed by atoms with van der Waals surface area (Å²) in [6, 6.07) is 0. The summed E-state index contributed by atoms with van der Waals surface area (Å²) >= 11 is 0. The Kier molecular flexibility index (Phi) is 3.36. The van der Waals surface area contributed by atoms with E-state index < -0.39 is 29.6 Å². The van der Waals surface area contributed by atoms with E-state index in [0.717, 1.165) is 6.42 Å². The van der Waals surface area contributed by atoms with Gasteiger partial charge in [-0.3, -0.25) is 4.79 Å². The third-order valence-electron chi connectivity index (χ3n) is 3.74. The maximum absolute atomic E-state index is 13.3. The highest BCUT2D eigenvalue weighted by Crippen LogP contribution is 2.48. The molecule has 1 amide bonds. The van der Waals surface area contributed by atoms with Crippen LogP contribution in [0, 0.1) is 11.8 Å². The minimum atomic E-state index is -4.91. The van der Waals surface area contributed by atoms with Crippen LogP contribution in [0.15, 0.2) is 5.10 Å². The molecular weight excluding hydrogens is 261 g/mol. The number of aliphatic hydroxyl groups is 1. The summed E-state index contributed by atoms with van der Waals surface area (Å²) in [6.07, 6.45) is -2.95. The van der Waals surface area contributed by atoms with Crippen molar-refractivity contribution < 1.29 is 23.1 Å². The van der Waals surface area contributed by atoms with Gasteiger partial charge in [0.2, 0.25) is 5.91 Å². The van der Waals surface area contributed by atoms with Gasteiger partial charge in [-0.05, 0) is 19.3 Å². The standard InChI is InChI=1S/C12H17F3N2O2/c1-7(2)10(18)17-11(19,12(13,14)15)8-5-3-4-6-9(8)16-17/h7-8,19H,3-6H2,1-2H3/t8-,11+/m0/s1. The van der Waals surface area contributed by atoms with Crippen LogP contribution in [0.2, 0.25) is 0 Å². The van der Waals surface area contributed by atoms with Gasteiger partial charge in [-0.2, -0.15) is 23.3 Å². The van der Waals surface area contributed by atoms with Gasteiger partial charge in [0.25, 0.3) is 5.72 Å². The molecule has 108 valence electrons. The molecule has 1 aliphatic carbocycles. The van der Waals surface area contributed by atoms with E-state index in [1.54, 1.807) is 0 Å². The molecule has 1 N–H and O–H groups in total. The average molecular weight is 278 g/mol. The van der Waals surface area contributed by atoms with Crippen LogP contribution in [0.3, 0.4) is 0 Å². The molecule has 0 aromatic carbocycles. The van der Waals surface area contributed by atoms with Crippen molar-refractivity contribution in [2.75, 3.05) is 0 Å². The third kappa shape index (κ3) is 2.04. The minimum Gasteiger partial charge on any atom is -0.362 e. The quantitative estimate of drug-likeness (QED) is 0.800. The first-order valence-corrected chi connectivity index (χ1v) is 6.40. The number of hydrogen-bond acceptors (Lipinski definition) is 3. The van der Waals surface area contributed by atoms with Gasteiger partial charge in [-0.15, -0.1) is 0 Å². The van der Waals surface area contributed by atoms with E-state index in [2.05, 4.69) is 5.10 Å². The predicted molar refractivity (Wildman–Crippen MR) is 62.1 cm³/mol. The first-order valence-electron chi connectivity index (χ1n) is 6.40. The van der Waals surface area contributed by atoms with Crippen molar-refractivity contribution in [1.82, 2.24) is 5.01 Å². The van der Waals surface area contributed by atoms with E-state index in [0.29, 0.717) is 18.6 Å². The van der Waals surface area contributed by atoms with E-state index in [-0.39, 0.29) is 11.4 Å². The summed E-state index contributed by atoms with van der Waals surface area (Å²) < 4.78 is 39.8. The largest absolute Gasteiger partial charge is 0.439 e. The summed E-state index contributed by atoms with van der Waals surface area (Å²) in [6.45, 7) is 2.97. The number of carbonyl (C=O) groups is 1. The van der Waals surface area contributed by atoms with Crippen LogP contribution in [0.25, 0.3) is 0 Å². The smallest absolute Gasteiger partial charge is 0.362 e. The van der Waals surface area contributed by atoms with Crippen LogP contribution >= 0.6 is 0 Å². The number of alkyl halides is 3. The van der Waals surface area contributed by atoms with Crippen molar-refractivity contribution in [2.24, 2.45) is 16.9 Å². The molecule has 4 nitrogen and oxygen atoms in total. The van der Waals surface area contributed by atoms with Crippen molar-refractivity contribution in [3.05, 3.63) is 0 Å². The molecule has 2 rings (SSSR count). The van der Waals surface area contributed by atoms with Crippen molar-refractivity contribution in [3.8, 4) is 0 Å². The Morgan fingerprint density at radius 1 is 1.47 bits per heavy atom. The lowest BCUT2D eigenvalue weighted by Gasteiger charge is -2.38. The Morgan fingerprint density at radius 2 is 2.11 bits per heavy atom. The molecule has 0 aromatic rings. The molecule has 0 radical (unpaired) electrons. The van der Waals surface area contributed by atoms with Crippen LogP contribution < -0.4 is 0 Å². The van der Waals surface area contributed by atoms with Gasteiger partial charge in [0.05, 0.1) is 5.92 Å². The topological polar surface area (TPSA) is 52.9 Å². The molecule has 0 unspecified atom stereocenters. The molecule has 0 aromatic heterocycles. The monoisotopic (exact) mass is 278 g/mol. The van der Waals surface area contributed by atoms with Crippen LogP contribution in [-0.4, -0.2) is 33.6 Å². The van der Waals surface area contributed by atoms with E-state index in [9.17, 15) is 23.1 Å². The van der Waals surface area contributed by atoms with E-state index in [1.165, 1.54) is 13.8 Å². The Balaban J connectivity index is 2.45. The predicted octanol–water partition coefficient (Wildman–Crippen LogP) is 2.28. The second-order valence-corrected chi connectivity index (χ2v) is 5.42. The lowest BCUT2D eigenvalue weighted by atomic mass is 9.80. The Morgan fingerprint density at radius 3 is 2.63 bits per heavy atom. The highest BCUT2D eigenvalue weighted by molar-refractivity contribution is 5.93. The SMILES string of the molecule is CC(C)C(=O)N1N=C2CCCC[C@@H]2[C@@]1(O)C(F)(F)F. The molecule has 2 atom stereocenters. The highest BCUT2D eigenvalue weighted by atomic mass is 19.4. The zero-order valence-electron chi connectivity index (χ0n) is 10.9. The molecule has 0 bridgehead atoms. The molecular formula is C12H17F3N2O2. The number of halogens is 3. The Labute approximate surface area is 109 Å². The van der Waals surface area contributed by atoms with Gasteiger partial charge >= 0.3 is 6.18 Å². The maximum Gasteiger partial charge on any atom is 0.439 e. The van der Waals surface area contributed by atoms with Gasteiger partial charge in [0.1, 0.15) is 0 Å². The van der Waals surface area contributed by atoms with E-state index in [1.807, 2.05) is 0 Å². The molecule has 1 fully saturated rings. The first-order chi connectivity index (χ1) is 8.69. The van der Waals surface area contributed by atoms with Crippen molar-refractivity contribution >= 4 is 11.6 Å². The van der Waals surface area contributed by atoms with Gasteiger partial charge in [0.15, 0.2) is 0 Å². The number of fused-ring (bicyclic) bond motifs is 1. The van der Waals surface area contributed by atoms with Crippen molar-refractivity contribution in [1.29, 1.82) is 0 Å². The zero-order chi connectivity index (χ0) is 14.4. The Hall–Kier alpha value is -1.11. The van der Waals surface area contributed by atoms with Crippen molar-refractivity contribution in [2.45, 2.75) is 51.4 Å². The van der Waals surface area contributed by atoms with E-state index >= 15 is 0 Å². The minimum absolute atomic E-state index is 0.205.